The summed E-state index contributed by atoms with van der Waals surface area (Å²) in [6.07, 6.45) is -2.55. The Bertz CT molecular complexity index is 1060. The Balaban J connectivity index is 1.47. The lowest BCUT2D eigenvalue weighted by atomic mass is 9.99. The van der Waals surface area contributed by atoms with Crippen molar-refractivity contribution in [2.75, 3.05) is 18.5 Å². The van der Waals surface area contributed by atoms with Gasteiger partial charge in [-0.25, -0.2) is 4.39 Å². The third kappa shape index (κ3) is 6.93. The Morgan fingerprint density at radius 2 is 2.15 bits per heavy atom. The minimum absolute atomic E-state index is 0.0620. The van der Waals surface area contributed by atoms with Crippen molar-refractivity contribution in [2.45, 2.75) is 43.7 Å². The third-order valence-electron chi connectivity index (χ3n) is 5.16. The molecule has 1 aliphatic heterocycles. The lowest BCUT2D eigenvalue weighted by molar-refractivity contribution is -0.142. The molecule has 1 aliphatic rings. The number of piperidine rings is 1. The molecule has 0 aliphatic carbocycles. The fourth-order valence-corrected chi connectivity index (χ4v) is 3.85. The van der Waals surface area contributed by atoms with Crippen LogP contribution >= 0.6 is 11.6 Å². The number of aromatic nitrogens is 2. The maximum Gasteiger partial charge on any atom is 0.408 e. The smallest absolute Gasteiger partial charge is 0.408 e. The van der Waals surface area contributed by atoms with Crippen molar-refractivity contribution in [3.8, 4) is 5.75 Å². The molecular formula is C20H21ClF4N5O3Si. The summed E-state index contributed by atoms with van der Waals surface area (Å²) >= 11 is 5.60. The second kappa shape index (κ2) is 10.3. The summed E-state index contributed by atoms with van der Waals surface area (Å²) in [5.41, 5.74) is 0.374. The minimum Gasteiger partial charge on any atom is -0.484 e. The van der Waals surface area contributed by atoms with Gasteiger partial charge < -0.3 is 20.7 Å². The number of carbonyl (C=O) groups excluding carboxylic acids is 2. The molecule has 8 nitrogen and oxygen atoms in total. The van der Waals surface area contributed by atoms with E-state index >= 15 is 0 Å². The summed E-state index contributed by atoms with van der Waals surface area (Å²) in [4.78, 5) is 24.8. The Labute approximate surface area is 200 Å². The number of ether oxygens (including phenoxy) is 1. The largest absolute Gasteiger partial charge is 0.484 e. The second-order valence-electron chi connectivity index (χ2n) is 7.87. The van der Waals surface area contributed by atoms with Gasteiger partial charge in [0.1, 0.15) is 18.1 Å². The van der Waals surface area contributed by atoms with E-state index in [0.29, 0.717) is 12.8 Å². The number of hydrogen-bond donors (Lipinski definition) is 3. The molecule has 3 radical (unpaired) electrons. The van der Waals surface area contributed by atoms with Crippen molar-refractivity contribution >= 4 is 39.3 Å². The number of nitrogens with one attached hydrogen (secondary N) is 3. The molecule has 0 saturated carbocycles. The van der Waals surface area contributed by atoms with Crippen LogP contribution in [0.4, 0.5) is 23.2 Å². The zero-order valence-corrected chi connectivity index (χ0v) is 19.7. The van der Waals surface area contributed by atoms with Crippen LogP contribution in [0.15, 0.2) is 24.4 Å². The van der Waals surface area contributed by atoms with Gasteiger partial charge in [0.05, 0.1) is 38.9 Å². The van der Waals surface area contributed by atoms with Crippen LogP contribution in [0, 0.1) is 12.7 Å². The summed E-state index contributed by atoms with van der Waals surface area (Å²) in [7, 11) is 3.51. The molecule has 3 N–H and O–H groups in total. The molecule has 2 atom stereocenters. The van der Waals surface area contributed by atoms with E-state index in [2.05, 4.69) is 31.3 Å². The number of hydrogen-bond acceptors (Lipinski definition) is 5. The normalized spacial score (nSPS) is 20.6. The van der Waals surface area contributed by atoms with Crippen LogP contribution in [0.1, 0.15) is 18.5 Å². The standard InChI is InChI=1S/C20H21ClF4N5O3Si/c1-11-16(7-27-30(11)10-20(23,24)25)28-18(32)15-4-5-19(34,9-26-15)29-17(31)8-33-12-2-3-13(21)14(22)6-12/h2-3,6-7,15,26H,4-5,8-10H2,1H3,(H,28,32)(H,29,31)/t15-,19+/m1/s1. The summed E-state index contributed by atoms with van der Waals surface area (Å²) in [6, 6.07) is 3.19. The predicted molar refractivity (Wildman–Crippen MR) is 116 cm³/mol. The van der Waals surface area contributed by atoms with Gasteiger partial charge in [0.2, 0.25) is 5.91 Å². The van der Waals surface area contributed by atoms with Crippen molar-refractivity contribution < 1.29 is 31.9 Å². The molecular weight excluding hydrogens is 498 g/mol. The maximum absolute atomic E-state index is 13.5. The van der Waals surface area contributed by atoms with E-state index < -0.39 is 41.6 Å². The van der Waals surface area contributed by atoms with Gasteiger partial charge in [-0.3, -0.25) is 14.3 Å². The number of rotatable bonds is 7. The first-order valence-corrected chi connectivity index (χ1v) is 11.0. The minimum atomic E-state index is -4.43. The first-order chi connectivity index (χ1) is 15.8. The van der Waals surface area contributed by atoms with Crippen LogP contribution in [-0.4, -0.2) is 62.4 Å². The topological polar surface area (TPSA) is 97.3 Å². The van der Waals surface area contributed by atoms with Crippen LogP contribution in [-0.2, 0) is 16.1 Å². The second-order valence-corrected chi connectivity index (χ2v) is 9.24. The highest BCUT2D eigenvalue weighted by Crippen LogP contribution is 2.23. The first kappa shape index (κ1) is 26.0. The van der Waals surface area contributed by atoms with Crippen LogP contribution < -0.4 is 20.7 Å². The maximum atomic E-state index is 13.5. The van der Waals surface area contributed by atoms with E-state index in [-0.39, 0.29) is 35.3 Å². The Morgan fingerprint density at radius 3 is 2.76 bits per heavy atom. The number of halogens is 5. The van der Waals surface area contributed by atoms with E-state index in [1.807, 2.05) is 0 Å². The number of benzene rings is 1. The molecule has 2 heterocycles. The monoisotopic (exact) mass is 518 g/mol. The van der Waals surface area contributed by atoms with Crippen molar-refractivity contribution in [3.05, 3.63) is 40.9 Å². The van der Waals surface area contributed by atoms with Crippen LogP contribution in [0.3, 0.4) is 0 Å². The fourth-order valence-electron chi connectivity index (χ4n) is 3.35. The summed E-state index contributed by atoms with van der Waals surface area (Å²) < 4.78 is 57.3. The molecule has 1 fully saturated rings. The van der Waals surface area contributed by atoms with Crippen molar-refractivity contribution in [1.29, 1.82) is 0 Å². The van der Waals surface area contributed by atoms with Crippen LogP contribution in [0.2, 0.25) is 5.02 Å². The lowest BCUT2D eigenvalue weighted by Gasteiger charge is -2.38. The van der Waals surface area contributed by atoms with E-state index in [9.17, 15) is 27.2 Å². The molecule has 0 unspecified atom stereocenters. The van der Waals surface area contributed by atoms with Crippen molar-refractivity contribution in [3.63, 3.8) is 0 Å². The van der Waals surface area contributed by atoms with E-state index in [1.165, 1.54) is 25.3 Å². The highest BCUT2D eigenvalue weighted by molar-refractivity contribution is 6.30. The quantitative estimate of drug-likeness (QED) is 0.386. The number of nitrogens with zero attached hydrogens (tertiary/aromatic N) is 2. The lowest BCUT2D eigenvalue weighted by Crippen LogP contribution is -2.62. The fraction of sp³-hybridized carbons (Fsp3) is 0.450. The molecule has 1 aromatic carbocycles. The number of alkyl halides is 3. The first-order valence-electron chi connectivity index (χ1n) is 10.1. The SMILES string of the molecule is Cc1c(NC(=O)[C@H]2CC[C@@]([Si])(NC(=O)COc3ccc(Cl)c(F)c3)CN2)cnn1CC(F)(F)F. The summed E-state index contributed by atoms with van der Waals surface area (Å²) in [6.45, 7) is 0.00848. The summed E-state index contributed by atoms with van der Waals surface area (Å²) in [5.74, 6) is -1.42. The zero-order chi connectivity index (χ0) is 25.1. The molecule has 1 saturated heterocycles. The molecule has 0 spiro atoms. The van der Waals surface area contributed by atoms with Gasteiger partial charge in [-0.15, -0.1) is 0 Å². The van der Waals surface area contributed by atoms with Crippen LogP contribution in [0.5, 0.6) is 5.75 Å². The zero-order valence-electron chi connectivity index (χ0n) is 17.9. The van der Waals surface area contributed by atoms with E-state index in [1.54, 1.807) is 0 Å². The van der Waals surface area contributed by atoms with Gasteiger partial charge >= 0.3 is 6.18 Å². The Hall–Kier alpha value is -2.64. The molecule has 34 heavy (non-hydrogen) atoms. The number of anilines is 1. The van der Waals surface area contributed by atoms with Gasteiger partial charge in [-0.2, -0.15) is 18.3 Å². The highest BCUT2D eigenvalue weighted by atomic mass is 35.5. The molecule has 2 aromatic rings. The average Bonchev–Trinajstić information content (AvgIpc) is 3.07. The van der Waals surface area contributed by atoms with Crippen LogP contribution in [0.25, 0.3) is 0 Å². The van der Waals surface area contributed by atoms with Gasteiger partial charge in [0.15, 0.2) is 6.61 Å². The molecule has 2 amide bonds. The number of amides is 2. The van der Waals surface area contributed by atoms with Gasteiger partial charge in [0, 0.05) is 17.8 Å². The van der Waals surface area contributed by atoms with Gasteiger partial charge in [-0.05, 0) is 31.9 Å². The van der Waals surface area contributed by atoms with Gasteiger partial charge in [0.25, 0.3) is 5.91 Å². The van der Waals surface area contributed by atoms with E-state index in [4.69, 9.17) is 16.3 Å². The molecule has 3 rings (SSSR count). The Morgan fingerprint density at radius 1 is 1.41 bits per heavy atom. The molecule has 0 bridgehead atoms. The van der Waals surface area contributed by atoms with Crippen molar-refractivity contribution in [2.24, 2.45) is 0 Å². The molecule has 14 heteroatoms. The Kier molecular flexibility index (Phi) is 7.88. The molecule has 1 aromatic heterocycles. The summed E-state index contributed by atoms with van der Waals surface area (Å²) in [5, 5.41) is 11.1. The number of carbonyl (C=O) groups is 2. The predicted octanol–water partition coefficient (Wildman–Crippen LogP) is 2.30. The highest BCUT2D eigenvalue weighted by Gasteiger charge is 2.35. The molecule has 183 valence electrons. The van der Waals surface area contributed by atoms with Crippen molar-refractivity contribution in [1.82, 2.24) is 20.4 Å². The average molecular weight is 519 g/mol. The third-order valence-corrected chi connectivity index (χ3v) is 6.01. The van der Waals surface area contributed by atoms with Gasteiger partial charge in [-0.1, -0.05) is 11.6 Å². The van der Waals surface area contributed by atoms with E-state index in [0.717, 1.165) is 10.7 Å².